The van der Waals surface area contributed by atoms with Gasteiger partial charge in [-0.2, -0.15) is 0 Å². The van der Waals surface area contributed by atoms with Crippen molar-refractivity contribution < 1.29 is 19.4 Å². The number of aromatic nitrogens is 2. The molecule has 1 aliphatic rings. The fraction of sp³-hybridized carbons (Fsp3) is 0.381. The monoisotopic (exact) mass is 445 g/mol. The third kappa shape index (κ3) is 4.46. The average molecular weight is 446 g/mol. The Hall–Kier alpha value is -2.82. The first-order chi connectivity index (χ1) is 14.9. The van der Waals surface area contributed by atoms with E-state index in [9.17, 15) is 14.3 Å². The lowest BCUT2D eigenvalue weighted by atomic mass is 10.1. The minimum atomic E-state index is -1.16. The van der Waals surface area contributed by atoms with E-state index in [0.717, 1.165) is 15.8 Å². The number of nitrogens with one attached hydrogen (secondary N) is 1. The van der Waals surface area contributed by atoms with Crippen LogP contribution in [0.3, 0.4) is 0 Å². The van der Waals surface area contributed by atoms with Crippen molar-refractivity contribution in [3.63, 3.8) is 0 Å². The maximum absolute atomic E-state index is 14.5. The molecule has 8 nitrogen and oxygen atoms in total. The second-order valence-electron chi connectivity index (χ2n) is 7.68. The van der Waals surface area contributed by atoms with Gasteiger partial charge in [-0.1, -0.05) is 17.4 Å². The van der Waals surface area contributed by atoms with Gasteiger partial charge >= 0.3 is 6.03 Å². The molecule has 0 bridgehead atoms. The van der Waals surface area contributed by atoms with Crippen molar-refractivity contribution in [2.45, 2.75) is 26.0 Å². The second-order valence-corrected chi connectivity index (χ2v) is 8.71. The topological polar surface area (TPSA) is 102 Å². The number of pyridine rings is 1. The normalized spacial score (nSPS) is 17.8. The van der Waals surface area contributed by atoms with Gasteiger partial charge in [-0.3, -0.25) is 5.32 Å². The van der Waals surface area contributed by atoms with E-state index in [2.05, 4.69) is 15.3 Å². The molecular formula is C21H24FN5O3S. The number of carbonyl (C=O) groups excluding carboxylic acids is 1. The number of fused-ring (bicyclic) bond motifs is 1. The number of hydrogen-bond donors (Lipinski definition) is 3. The molecule has 0 radical (unpaired) electrons. The minimum absolute atomic E-state index is 0.169. The third-order valence-corrected chi connectivity index (χ3v) is 6.28. The van der Waals surface area contributed by atoms with Crippen LogP contribution in [0.2, 0.25) is 0 Å². The molecule has 2 amide bonds. The van der Waals surface area contributed by atoms with Gasteiger partial charge in [0, 0.05) is 37.4 Å². The molecule has 1 aromatic carbocycles. The Morgan fingerprint density at radius 1 is 1.39 bits per heavy atom. The van der Waals surface area contributed by atoms with Crippen LogP contribution in [-0.4, -0.2) is 63.4 Å². The van der Waals surface area contributed by atoms with Crippen molar-refractivity contribution in [3.05, 3.63) is 47.4 Å². The fourth-order valence-electron chi connectivity index (χ4n) is 3.67. The van der Waals surface area contributed by atoms with Crippen LogP contribution < -0.4 is 10.2 Å². The van der Waals surface area contributed by atoms with Crippen LogP contribution >= 0.6 is 11.3 Å². The highest BCUT2D eigenvalue weighted by Crippen LogP contribution is 2.28. The predicted octanol–water partition coefficient (Wildman–Crippen LogP) is 2.91. The molecule has 31 heavy (non-hydrogen) atoms. The summed E-state index contributed by atoms with van der Waals surface area (Å²) in [6.45, 7) is 4.65. The Morgan fingerprint density at radius 2 is 2.19 bits per heavy atom. The zero-order valence-electron chi connectivity index (χ0n) is 17.2. The van der Waals surface area contributed by atoms with Gasteiger partial charge in [-0.25, -0.2) is 19.2 Å². The first-order valence-electron chi connectivity index (χ1n) is 10.00. The molecule has 2 unspecified atom stereocenters. The highest BCUT2D eigenvalue weighted by atomic mass is 32.1. The molecule has 10 heteroatoms. The number of thiazole rings is 1. The van der Waals surface area contributed by atoms with E-state index in [1.807, 2.05) is 32.0 Å². The van der Waals surface area contributed by atoms with E-state index >= 15 is 0 Å². The van der Waals surface area contributed by atoms with Crippen molar-refractivity contribution in [2.75, 3.05) is 36.5 Å². The Labute approximate surface area is 183 Å². The molecule has 2 aromatic heterocycles. The molecule has 0 spiro atoms. The molecule has 3 aromatic rings. The summed E-state index contributed by atoms with van der Waals surface area (Å²) >= 11 is 1.43. The number of aryl methyl sites for hydroxylation is 1. The minimum Gasteiger partial charge on any atom is -0.393 e. The molecule has 3 N–H and O–H groups in total. The molecule has 1 saturated heterocycles. The number of aliphatic hydroxyl groups is 2. The number of carbonyl (C=O) groups is 1. The molecule has 4 rings (SSSR count). The average Bonchev–Trinajstić information content (AvgIpc) is 3.14. The van der Waals surface area contributed by atoms with E-state index in [-0.39, 0.29) is 23.5 Å². The zero-order chi connectivity index (χ0) is 22.1. The van der Waals surface area contributed by atoms with Gasteiger partial charge < -0.3 is 20.0 Å². The Bertz CT molecular complexity index is 1110. The number of rotatable bonds is 4. The molecule has 164 valence electrons. The summed E-state index contributed by atoms with van der Waals surface area (Å²) in [6.07, 6.45) is 0.194. The van der Waals surface area contributed by atoms with Gasteiger partial charge in [0.15, 0.2) is 16.8 Å². The Kier molecular flexibility index (Phi) is 6.03. The van der Waals surface area contributed by atoms with E-state index in [1.54, 1.807) is 9.80 Å². The van der Waals surface area contributed by atoms with Crippen LogP contribution in [0, 0.1) is 12.7 Å². The van der Waals surface area contributed by atoms with Crippen molar-refractivity contribution >= 4 is 38.5 Å². The number of benzene rings is 1. The summed E-state index contributed by atoms with van der Waals surface area (Å²) in [4.78, 5) is 24.9. The molecule has 1 aliphatic heterocycles. The van der Waals surface area contributed by atoms with E-state index in [4.69, 9.17) is 5.11 Å². The summed E-state index contributed by atoms with van der Waals surface area (Å²) in [5.74, 6) is -0.401. The summed E-state index contributed by atoms with van der Waals surface area (Å²) in [5, 5.41) is 22.1. The van der Waals surface area contributed by atoms with Crippen molar-refractivity contribution in [3.8, 4) is 0 Å². The third-order valence-electron chi connectivity index (χ3n) is 5.35. The summed E-state index contributed by atoms with van der Waals surface area (Å²) < 4.78 is 15.6. The lowest BCUT2D eigenvalue weighted by molar-refractivity contribution is 0.0951. The maximum atomic E-state index is 14.5. The quantitative estimate of drug-likeness (QED) is 0.571. The van der Waals surface area contributed by atoms with Gasteiger partial charge in [-0.15, -0.1) is 0 Å². The molecule has 2 atom stereocenters. The standard InChI is InChI=1S/C21H24FN5O3S/c1-12-3-4-16-18(7-12)31-20(24-16)25-21(30)27-6-5-26(10-13(27)2)19-15(22)8-14(9-23-19)17(29)11-28/h3-4,7-9,13,17,28-29H,5-6,10-11H2,1-2H3,(H,24,25,30). The smallest absolute Gasteiger partial charge is 0.324 e. The number of aliphatic hydroxyl groups excluding tert-OH is 2. The summed E-state index contributed by atoms with van der Waals surface area (Å²) in [5.41, 5.74) is 2.21. The SMILES string of the molecule is Cc1ccc2nc(NC(=O)N3CCN(c4ncc(C(O)CO)cc4F)CC3C)sc2c1. The molecule has 1 fully saturated rings. The van der Waals surface area contributed by atoms with Gasteiger partial charge in [0.1, 0.15) is 6.10 Å². The summed E-state index contributed by atoms with van der Waals surface area (Å²) in [6, 6.07) is 6.73. The number of hydrogen-bond acceptors (Lipinski definition) is 7. The number of halogens is 1. The maximum Gasteiger partial charge on any atom is 0.324 e. The van der Waals surface area contributed by atoms with Gasteiger partial charge in [0.25, 0.3) is 0 Å². The summed E-state index contributed by atoms with van der Waals surface area (Å²) in [7, 11) is 0. The number of amides is 2. The van der Waals surface area contributed by atoms with Crippen LogP contribution in [0.1, 0.15) is 24.2 Å². The van der Waals surface area contributed by atoms with Gasteiger partial charge in [0.2, 0.25) is 0 Å². The number of anilines is 2. The molecule has 3 heterocycles. The van der Waals surface area contributed by atoms with Crippen molar-refractivity contribution in [1.29, 1.82) is 0 Å². The zero-order valence-corrected chi connectivity index (χ0v) is 18.1. The largest absolute Gasteiger partial charge is 0.393 e. The van der Waals surface area contributed by atoms with Crippen molar-refractivity contribution in [2.24, 2.45) is 0 Å². The van der Waals surface area contributed by atoms with Crippen LogP contribution in [0.4, 0.5) is 20.1 Å². The second kappa shape index (κ2) is 8.74. The number of nitrogens with zero attached hydrogens (tertiary/aromatic N) is 4. The van der Waals surface area contributed by atoms with Crippen LogP contribution in [-0.2, 0) is 0 Å². The first-order valence-corrected chi connectivity index (χ1v) is 10.8. The number of piperazine rings is 1. The first kappa shape index (κ1) is 21.4. The predicted molar refractivity (Wildman–Crippen MR) is 118 cm³/mol. The van der Waals surface area contributed by atoms with Crippen LogP contribution in [0.25, 0.3) is 10.2 Å². The Morgan fingerprint density at radius 3 is 2.90 bits per heavy atom. The van der Waals surface area contributed by atoms with E-state index in [0.29, 0.717) is 24.8 Å². The highest BCUT2D eigenvalue weighted by Gasteiger charge is 2.30. The van der Waals surface area contributed by atoms with E-state index in [1.165, 1.54) is 23.6 Å². The molecule has 0 saturated carbocycles. The lowest BCUT2D eigenvalue weighted by Crippen LogP contribution is -2.55. The van der Waals surface area contributed by atoms with Crippen molar-refractivity contribution in [1.82, 2.24) is 14.9 Å². The fourth-order valence-corrected chi connectivity index (χ4v) is 4.62. The van der Waals surface area contributed by atoms with Gasteiger partial charge in [0.05, 0.1) is 16.8 Å². The Balaban J connectivity index is 1.42. The highest BCUT2D eigenvalue weighted by molar-refractivity contribution is 7.22. The van der Waals surface area contributed by atoms with Crippen LogP contribution in [0.5, 0.6) is 0 Å². The van der Waals surface area contributed by atoms with Crippen LogP contribution in [0.15, 0.2) is 30.5 Å². The number of urea groups is 1. The van der Waals surface area contributed by atoms with Gasteiger partial charge in [-0.05, 0) is 37.6 Å². The van der Waals surface area contributed by atoms with E-state index < -0.39 is 18.5 Å². The lowest BCUT2D eigenvalue weighted by Gasteiger charge is -2.40. The molecular weight excluding hydrogens is 421 g/mol. The molecule has 0 aliphatic carbocycles.